The van der Waals surface area contributed by atoms with E-state index in [-0.39, 0.29) is 5.69 Å². The SMILES string of the molecule is Nc1cccc(-c2nc3ccc([N+](=O)[O-])cn3n2)c1. The van der Waals surface area contributed by atoms with Gasteiger partial charge in [0.25, 0.3) is 5.69 Å². The van der Waals surface area contributed by atoms with E-state index in [1.54, 1.807) is 24.3 Å². The van der Waals surface area contributed by atoms with Gasteiger partial charge in [-0.3, -0.25) is 10.1 Å². The molecule has 7 heteroatoms. The smallest absolute Gasteiger partial charge is 0.287 e. The molecular weight excluding hydrogens is 246 g/mol. The van der Waals surface area contributed by atoms with Crippen LogP contribution in [0.5, 0.6) is 0 Å². The van der Waals surface area contributed by atoms with Gasteiger partial charge in [-0.1, -0.05) is 12.1 Å². The molecule has 0 amide bonds. The highest BCUT2D eigenvalue weighted by Crippen LogP contribution is 2.20. The molecule has 7 nitrogen and oxygen atoms in total. The zero-order chi connectivity index (χ0) is 13.4. The molecule has 0 saturated heterocycles. The number of benzene rings is 1. The lowest BCUT2D eigenvalue weighted by molar-refractivity contribution is -0.385. The Morgan fingerprint density at radius 3 is 2.84 bits per heavy atom. The predicted octanol–water partition coefficient (Wildman–Crippen LogP) is 1.89. The molecule has 19 heavy (non-hydrogen) atoms. The number of nitrogen functional groups attached to an aromatic ring is 1. The first-order chi connectivity index (χ1) is 9.13. The molecule has 1 aromatic carbocycles. The van der Waals surface area contributed by atoms with Crippen molar-refractivity contribution in [3.8, 4) is 11.4 Å². The quantitative estimate of drug-likeness (QED) is 0.428. The topological polar surface area (TPSA) is 99.3 Å². The molecule has 0 bridgehead atoms. The van der Waals surface area contributed by atoms with Crippen molar-refractivity contribution in [2.75, 3.05) is 5.73 Å². The number of fused-ring (bicyclic) bond motifs is 1. The Labute approximate surface area is 107 Å². The normalized spacial score (nSPS) is 10.7. The van der Waals surface area contributed by atoms with E-state index in [2.05, 4.69) is 10.1 Å². The molecule has 0 radical (unpaired) electrons. The van der Waals surface area contributed by atoms with Crippen LogP contribution in [0, 0.1) is 10.1 Å². The Morgan fingerprint density at radius 2 is 2.11 bits per heavy atom. The van der Waals surface area contributed by atoms with Crippen LogP contribution in [-0.2, 0) is 0 Å². The van der Waals surface area contributed by atoms with Gasteiger partial charge in [0.15, 0.2) is 11.5 Å². The van der Waals surface area contributed by atoms with E-state index < -0.39 is 4.92 Å². The molecule has 0 spiro atoms. The number of rotatable bonds is 2. The Bertz CT molecular complexity index is 781. The summed E-state index contributed by atoms with van der Waals surface area (Å²) >= 11 is 0. The molecular formula is C12H9N5O2. The summed E-state index contributed by atoms with van der Waals surface area (Å²) in [4.78, 5) is 14.5. The third-order valence-corrected chi connectivity index (χ3v) is 2.67. The molecule has 0 aliphatic carbocycles. The van der Waals surface area contributed by atoms with Gasteiger partial charge in [-0.2, -0.15) is 0 Å². The second-order valence-corrected chi connectivity index (χ2v) is 4.01. The van der Waals surface area contributed by atoms with Crippen LogP contribution >= 0.6 is 0 Å². The number of pyridine rings is 1. The molecule has 0 aliphatic rings. The van der Waals surface area contributed by atoms with Crippen LogP contribution in [-0.4, -0.2) is 19.5 Å². The Kier molecular flexibility index (Phi) is 2.38. The number of nitrogens with two attached hydrogens (primary N) is 1. The number of hydrogen-bond acceptors (Lipinski definition) is 5. The lowest BCUT2D eigenvalue weighted by atomic mass is 10.2. The third kappa shape index (κ3) is 1.97. The summed E-state index contributed by atoms with van der Waals surface area (Å²) < 4.78 is 1.39. The first-order valence-electron chi connectivity index (χ1n) is 5.50. The summed E-state index contributed by atoms with van der Waals surface area (Å²) in [6, 6.07) is 10.1. The van der Waals surface area contributed by atoms with Crippen molar-refractivity contribution in [2.45, 2.75) is 0 Å². The van der Waals surface area contributed by atoms with Crippen molar-refractivity contribution in [1.82, 2.24) is 14.6 Å². The first kappa shape index (κ1) is 11.1. The second kappa shape index (κ2) is 4.05. The summed E-state index contributed by atoms with van der Waals surface area (Å²) in [7, 11) is 0. The summed E-state index contributed by atoms with van der Waals surface area (Å²) in [5, 5.41) is 14.9. The van der Waals surface area contributed by atoms with Crippen molar-refractivity contribution in [3.63, 3.8) is 0 Å². The monoisotopic (exact) mass is 255 g/mol. The molecule has 2 N–H and O–H groups in total. The first-order valence-corrected chi connectivity index (χ1v) is 5.50. The van der Waals surface area contributed by atoms with Crippen LogP contribution in [0.25, 0.3) is 17.0 Å². The van der Waals surface area contributed by atoms with Crippen molar-refractivity contribution >= 4 is 17.0 Å². The lowest BCUT2D eigenvalue weighted by Crippen LogP contribution is -1.93. The standard InChI is InChI=1S/C12H9N5O2/c13-9-3-1-2-8(6-9)12-14-11-5-4-10(17(18)19)7-16(11)15-12/h1-7H,13H2. The molecule has 0 aliphatic heterocycles. The number of nitrogens with zero attached hydrogens (tertiary/aromatic N) is 4. The average molecular weight is 255 g/mol. The van der Waals surface area contributed by atoms with Crippen LogP contribution in [0.3, 0.4) is 0 Å². The van der Waals surface area contributed by atoms with Crippen molar-refractivity contribution in [3.05, 3.63) is 52.7 Å². The number of aromatic nitrogens is 3. The van der Waals surface area contributed by atoms with Gasteiger partial charge in [-0.15, -0.1) is 5.10 Å². The number of nitro groups is 1. The zero-order valence-corrected chi connectivity index (χ0v) is 9.72. The Balaban J connectivity index is 2.14. The maximum Gasteiger partial charge on any atom is 0.287 e. The van der Waals surface area contributed by atoms with Gasteiger partial charge >= 0.3 is 0 Å². The van der Waals surface area contributed by atoms with E-state index in [0.717, 1.165) is 5.56 Å². The highest BCUT2D eigenvalue weighted by Gasteiger charge is 2.10. The zero-order valence-electron chi connectivity index (χ0n) is 9.72. The summed E-state index contributed by atoms with van der Waals surface area (Å²) in [5.74, 6) is 0.479. The minimum Gasteiger partial charge on any atom is -0.399 e. The van der Waals surface area contributed by atoms with Crippen LogP contribution in [0.15, 0.2) is 42.6 Å². The molecule has 3 aromatic rings. The van der Waals surface area contributed by atoms with Gasteiger partial charge in [0.2, 0.25) is 0 Å². The van der Waals surface area contributed by atoms with E-state index in [4.69, 9.17) is 5.73 Å². The molecule has 2 heterocycles. The fraction of sp³-hybridized carbons (Fsp3) is 0. The van der Waals surface area contributed by atoms with Crippen LogP contribution in [0.4, 0.5) is 11.4 Å². The van der Waals surface area contributed by atoms with Crippen LogP contribution in [0.2, 0.25) is 0 Å². The van der Waals surface area contributed by atoms with E-state index >= 15 is 0 Å². The molecule has 0 saturated carbocycles. The summed E-state index contributed by atoms with van der Waals surface area (Å²) in [5.41, 5.74) is 7.60. The maximum absolute atomic E-state index is 10.7. The minimum absolute atomic E-state index is 0.0310. The third-order valence-electron chi connectivity index (χ3n) is 2.67. The fourth-order valence-electron chi connectivity index (χ4n) is 1.78. The molecule has 3 rings (SSSR count). The molecule has 0 atom stereocenters. The van der Waals surface area contributed by atoms with Gasteiger partial charge in [0.1, 0.15) is 6.20 Å². The Morgan fingerprint density at radius 1 is 1.26 bits per heavy atom. The molecule has 0 unspecified atom stereocenters. The maximum atomic E-state index is 10.7. The number of anilines is 1. The van der Waals surface area contributed by atoms with E-state index in [9.17, 15) is 10.1 Å². The lowest BCUT2D eigenvalue weighted by Gasteiger charge is -1.95. The highest BCUT2D eigenvalue weighted by molar-refractivity contribution is 5.63. The minimum atomic E-state index is -0.471. The fourth-order valence-corrected chi connectivity index (χ4v) is 1.78. The second-order valence-electron chi connectivity index (χ2n) is 4.01. The number of hydrogen-bond donors (Lipinski definition) is 1. The van der Waals surface area contributed by atoms with Gasteiger partial charge in [0, 0.05) is 17.3 Å². The van der Waals surface area contributed by atoms with Gasteiger partial charge in [-0.25, -0.2) is 9.50 Å². The van der Waals surface area contributed by atoms with Crippen molar-refractivity contribution in [1.29, 1.82) is 0 Å². The van der Waals surface area contributed by atoms with E-state index in [0.29, 0.717) is 17.2 Å². The largest absolute Gasteiger partial charge is 0.399 e. The van der Waals surface area contributed by atoms with Gasteiger partial charge in [-0.05, 0) is 18.2 Å². The molecule has 0 fully saturated rings. The predicted molar refractivity (Wildman–Crippen MR) is 69.5 cm³/mol. The molecule has 94 valence electrons. The summed E-state index contributed by atoms with van der Waals surface area (Å²) in [6.45, 7) is 0. The van der Waals surface area contributed by atoms with Crippen molar-refractivity contribution in [2.24, 2.45) is 0 Å². The molecule has 2 aromatic heterocycles. The van der Waals surface area contributed by atoms with E-state index in [1.807, 2.05) is 6.07 Å². The summed E-state index contributed by atoms with van der Waals surface area (Å²) in [6.07, 6.45) is 1.33. The van der Waals surface area contributed by atoms with Gasteiger partial charge in [0.05, 0.1) is 4.92 Å². The van der Waals surface area contributed by atoms with Crippen molar-refractivity contribution < 1.29 is 4.92 Å². The van der Waals surface area contributed by atoms with Gasteiger partial charge < -0.3 is 5.73 Å². The van der Waals surface area contributed by atoms with Crippen LogP contribution in [0.1, 0.15) is 0 Å². The highest BCUT2D eigenvalue weighted by atomic mass is 16.6. The van der Waals surface area contributed by atoms with Crippen LogP contribution < -0.4 is 5.73 Å². The average Bonchev–Trinajstić information content (AvgIpc) is 2.81. The Hall–Kier alpha value is -2.96. The van der Waals surface area contributed by atoms with E-state index in [1.165, 1.54) is 16.8 Å².